The molecule has 0 fully saturated rings. The van der Waals surface area contributed by atoms with E-state index in [0.717, 1.165) is 101 Å². The summed E-state index contributed by atoms with van der Waals surface area (Å²) in [6.45, 7) is 0. The summed E-state index contributed by atoms with van der Waals surface area (Å²) in [5.74, 6) is 1.62. The van der Waals surface area contributed by atoms with Gasteiger partial charge in [0.1, 0.15) is 11.2 Å². The third-order valence-electron chi connectivity index (χ3n) is 13.2. The highest BCUT2D eigenvalue weighted by Crippen LogP contribution is 2.42. The Balaban J connectivity index is 1.07. The van der Waals surface area contributed by atoms with Gasteiger partial charge in [0.15, 0.2) is 5.82 Å². The largest absolute Gasteiger partial charge is 0.456 e. The Labute approximate surface area is 366 Å². The lowest BCUT2D eigenvalue weighted by Crippen LogP contribution is -2.10. The molecule has 0 N–H and O–H groups in total. The maximum atomic E-state index is 6.65. The van der Waals surface area contributed by atoms with Gasteiger partial charge >= 0.3 is 0 Å². The van der Waals surface area contributed by atoms with Crippen LogP contribution in [0.15, 0.2) is 199 Å². The molecule has 7 heteroatoms. The zero-order chi connectivity index (χ0) is 41.9. The van der Waals surface area contributed by atoms with Crippen LogP contribution in [-0.4, -0.2) is 28.7 Å². The molecule has 0 saturated carbocycles. The van der Waals surface area contributed by atoms with E-state index in [9.17, 15) is 0 Å². The van der Waals surface area contributed by atoms with Crippen LogP contribution in [0.2, 0.25) is 0 Å². The number of para-hydroxylation sites is 4. The minimum Gasteiger partial charge on any atom is -0.456 e. The molecule has 0 spiro atoms. The van der Waals surface area contributed by atoms with Crippen LogP contribution in [0.25, 0.3) is 127 Å². The number of hydrogen-bond acceptors (Lipinski definition) is 4. The number of aromatic nitrogens is 6. The van der Waals surface area contributed by atoms with Gasteiger partial charge in [-0.25, -0.2) is 0 Å². The first-order valence-electron chi connectivity index (χ1n) is 21.8. The average Bonchev–Trinajstić information content (AvgIpc) is 4.09. The molecule has 0 bridgehead atoms. The molecule has 0 saturated heterocycles. The summed E-state index contributed by atoms with van der Waals surface area (Å²) < 4.78 is 13.5. The van der Waals surface area contributed by atoms with E-state index in [1.165, 1.54) is 22.0 Å². The van der Waals surface area contributed by atoms with Crippen LogP contribution in [0.1, 0.15) is 12.8 Å². The molecule has 0 amide bonds. The van der Waals surface area contributed by atoms with Crippen molar-refractivity contribution in [2.24, 2.45) is 0 Å². The van der Waals surface area contributed by atoms with Gasteiger partial charge in [-0.05, 0) is 84.6 Å². The van der Waals surface area contributed by atoms with Gasteiger partial charge in [0.05, 0.1) is 33.1 Å². The van der Waals surface area contributed by atoms with Crippen LogP contribution in [0.4, 0.5) is 0 Å². The van der Waals surface area contributed by atoms with Gasteiger partial charge in [0, 0.05) is 54.4 Å². The Morgan fingerprint density at radius 2 is 0.984 bits per heavy atom. The summed E-state index contributed by atoms with van der Waals surface area (Å²) in [4.78, 5) is 16.3. The summed E-state index contributed by atoms with van der Waals surface area (Å²) in [5.41, 5.74) is 12.5. The Hall–Kier alpha value is -8.55. The van der Waals surface area contributed by atoms with Gasteiger partial charge in [0.25, 0.3) is 0 Å². The molecule has 64 heavy (non-hydrogen) atoms. The van der Waals surface area contributed by atoms with Crippen LogP contribution in [-0.2, 0) is 0 Å². The lowest BCUT2D eigenvalue weighted by Gasteiger charge is -2.14. The fraction of sp³-hybridized carbons (Fsp3) is 0.0351. The second-order valence-corrected chi connectivity index (χ2v) is 16.7. The van der Waals surface area contributed by atoms with Gasteiger partial charge in [-0.1, -0.05) is 133 Å². The summed E-state index contributed by atoms with van der Waals surface area (Å²) in [6, 6.07) is 62.2. The molecule has 0 radical (unpaired) electrons. The van der Waals surface area contributed by atoms with E-state index >= 15 is 0 Å². The van der Waals surface area contributed by atoms with Crippen molar-refractivity contribution in [1.29, 1.82) is 0 Å². The van der Waals surface area contributed by atoms with E-state index in [0.29, 0.717) is 17.7 Å². The van der Waals surface area contributed by atoms with E-state index in [1.54, 1.807) is 0 Å². The van der Waals surface area contributed by atoms with Crippen LogP contribution in [0.5, 0.6) is 0 Å². The Bertz CT molecular complexity index is 4090. The monoisotopic (exact) mass is 820 g/mol. The summed E-state index contributed by atoms with van der Waals surface area (Å²) in [5, 5.41) is 9.14. The molecule has 0 atom stereocenters. The van der Waals surface area contributed by atoms with E-state index in [4.69, 9.17) is 19.4 Å². The van der Waals surface area contributed by atoms with Crippen molar-refractivity contribution in [3.63, 3.8) is 0 Å². The smallest absolute Gasteiger partial charge is 0.240 e. The maximum absolute atomic E-state index is 6.65. The Morgan fingerprint density at radius 3 is 1.62 bits per heavy atom. The summed E-state index contributed by atoms with van der Waals surface area (Å²) in [7, 11) is 0. The number of benzene rings is 8. The second kappa shape index (κ2) is 13.5. The lowest BCUT2D eigenvalue weighted by atomic mass is 9.99. The maximum Gasteiger partial charge on any atom is 0.240 e. The molecule has 300 valence electrons. The molecule has 7 nitrogen and oxygen atoms in total. The number of furan rings is 1. The SMILES string of the molecule is C1=CCCC(n2c3ccccc3c3cc4c5ccccc5n(-c5nc(-c6ccc7c(c6)oc6cccc(-c8ccccc8)c67)nc(-n6c7ccccc7c7ccccc76)n5)c4cc32)=C1. The van der Waals surface area contributed by atoms with Crippen molar-refractivity contribution in [3.8, 4) is 34.4 Å². The number of hydrogen-bond donors (Lipinski definition) is 0. The van der Waals surface area contributed by atoms with Gasteiger partial charge in [0.2, 0.25) is 11.9 Å². The molecule has 1 aliphatic carbocycles. The zero-order valence-electron chi connectivity index (χ0n) is 34.5. The molecule has 0 unspecified atom stereocenters. The van der Waals surface area contributed by atoms with Gasteiger partial charge in [-0.3, -0.25) is 9.13 Å². The first kappa shape index (κ1) is 35.1. The number of allylic oxidation sites excluding steroid dienone is 4. The van der Waals surface area contributed by atoms with E-state index < -0.39 is 0 Å². The van der Waals surface area contributed by atoms with Crippen molar-refractivity contribution in [2.75, 3.05) is 0 Å². The highest BCUT2D eigenvalue weighted by molar-refractivity contribution is 6.20. The molecule has 13 aromatic rings. The van der Waals surface area contributed by atoms with Crippen molar-refractivity contribution >= 4 is 93.1 Å². The molecular weight excluding hydrogens is 785 g/mol. The minimum atomic E-state index is 0.533. The predicted molar refractivity (Wildman–Crippen MR) is 262 cm³/mol. The van der Waals surface area contributed by atoms with Gasteiger partial charge < -0.3 is 8.98 Å². The van der Waals surface area contributed by atoms with E-state index in [-0.39, 0.29) is 0 Å². The lowest BCUT2D eigenvalue weighted by molar-refractivity contribution is 0.669. The van der Waals surface area contributed by atoms with Crippen LogP contribution in [0.3, 0.4) is 0 Å². The number of nitrogens with zero attached hydrogens (tertiary/aromatic N) is 6. The molecule has 5 aromatic heterocycles. The van der Waals surface area contributed by atoms with Crippen molar-refractivity contribution in [2.45, 2.75) is 12.8 Å². The van der Waals surface area contributed by atoms with Crippen molar-refractivity contribution in [1.82, 2.24) is 28.7 Å². The quantitative estimate of drug-likeness (QED) is 0.173. The normalized spacial score (nSPS) is 13.2. The predicted octanol–water partition coefficient (Wildman–Crippen LogP) is 14.6. The third kappa shape index (κ3) is 5.06. The average molecular weight is 821 g/mol. The number of rotatable bonds is 5. The topological polar surface area (TPSA) is 66.6 Å². The third-order valence-corrected chi connectivity index (χ3v) is 13.2. The van der Waals surface area contributed by atoms with Crippen LogP contribution >= 0.6 is 0 Å². The summed E-state index contributed by atoms with van der Waals surface area (Å²) in [6.07, 6.45) is 8.66. The fourth-order valence-corrected chi connectivity index (χ4v) is 10.4. The number of fused-ring (bicyclic) bond motifs is 12. The van der Waals surface area contributed by atoms with E-state index in [2.05, 4.69) is 196 Å². The van der Waals surface area contributed by atoms with Crippen molar-refractivity contribution in [3.05, 3.63) is 194 Å². The Kier molecular flexibility index (Phi) is 7.39. The van der Waals surface area contributed by atoms with E-state index in [1.807, 2.05) is 12.1 Å². The fourth-order valence-electron chi connectivity index (χ4n) is 10.4. The zero-order valence-corrected chi connectivity index (χ0v) is 34.5. The molecular formula is C57H36N6O. The van der Waals surface area contributed by atoms with Crippen LogP contribution in [0, 0.1) is 0 Å². The standard InChI is InChI=1S/C57H36N6O/c1-3-16-35(17-4-1)38-24-15-29-52-54(38)43-31-30-36(32-53(43)64-52)55-58-56(62-47-26-12-7-20-39(47)40-21-8-13-27-48(40)62)60-57(59-55)63-49-28-14-10-23-42(49)45-33-44-41-22-9-11-25-46(41)61(50(44)34-51(45)63)37-18-5-2-6-19-37/h1-5,7-18,20-34H,6,19H2. The molecule has 8 aromatic carbocycles. The second-order valence-electron chi connectivity index (χ2n) is 16.7. The van der Waals surface area contributed by atoms with Crippen molar-refractivity contribution < 1.29 is 4.42 Å². The van der Waals surface area contributed by atoms with Gasteiger partial charge in [-0.2, -0.15) is 15.0 Å². The summed E-state index contributed by atoms with van der Waals surface area (Å²) >= 11 is 0. The highest BCUT2D eigenvalue weighted by Gasteiger charge is 2.24. The minimum absolute atomic E-state index is 0.533. The Morgan fingerprint density at radius 1 is 0.406 bits per heavy atom. The first-order chi connectivity index (χ1) is 31.7. The first-order valence-corrected chi connectivity index (χ1v) is 21.8. The molecule has 0 aliphatic heterocycles. The molecule has 5 heterocycles. The van der Waals surface area contributed by atoms with Gasteiger partial charge in [-0.15, -0.1) is 0 Å². The highest BCUT2D eigenvalue weighted by atomic mass is 16.3. The van der Waals surface area contributed by atoms with Crippen LogP contribution < -0.4 is 0 Å². The molecule has 14 rings (SSSR count). The molecule has 1 aliphatic rings.